The van der Waals surface area contributed by atoms with E-state index in [1.165, 1.54) is 11.6 Å². The number of hydrogen-bond acceptors (Lipinski definition) is 5. The minimum absolute atomic E-state index is 0.0380. The number of unbranched alkanes of at least 4 members (excludes halogenated alkanes) is 1. The molecule has 0 saturated heterocycles. The first-order chi connectivity index (χ1) is 17.8. The van der Waals surface area contributed by atoms with Crippen LogP contribution in [-0.2, 0) is 22.4 Å². The summed E-state index contributed by atoms with van der Waals surface area (Å²) in [4.78, 5) is 12.9. The third-order valence-electron chi connectivity index (χ3n) is 7.53. The summed E-state index contributed by atoms with van der Waals surface area (Å²) < 4.78 is 31.1. The zero-order chi connectivity index (χ0) is 26.8. The Morgan fingerprint density at radius 3 is 2.57 bits per heavy atom. The number of rotatable bonds is 14. The van der Waals surface area contributed by atoms with E-state index in [2.05, 4.69) is 32.2 Å². The number of fused-ring (bicyclic) bond motifs is 1. The Kier molecular flexibility index (Phi) is 10.8. The van der Waals surface area contributed by atoms with Gasteiger partial charge in [0.05, 0.1) is 14.2 Å². The summed E-state index contributed by atoms with van der Waals surface area (Å²) in [6.07, 6.45) is 6.32. The fourth-order valence-corrected chi connectivity index (χ4v) is 5.77. The van der Waals surface area contributed by atoms with Crippen LogP contribution in [0.2, 0.25) is 0 Å². The van der Waals surface area contributed by atoms with Gasteiger partial charge < -0.3 is 19.5 Å². The van der Waals surface area contributed by atoms with E-state index >= 15 is 0 Å². The van der Waals surface area contributed by atoms with Gasteiger partial charge in [0, 0.05) is 18.8 Å². The van der Waals surface area contributed by atoms with Crippen LogP contribution in [0, 0.1) is 11.7 Å². The number of hydrogen-bond donors (Lipinski definition) is 1. The van der Waals surface area contributed by atoms with Crippen molar-refractivity contribution < 1.29 is 23.4 Å². The average Bonchev–Trinajstić information content (AvgIpc) is 2.89. The van der Waals surface area contributed by atoms with Crippen LogP contribution < -0.4 is 14.8 Å². The van der Waals surface area contributed by atoms with Crippen molar-refractivity contribution in [2.24, 2.45) is 5.92 Å². The molecule has 5 nitrogen and oxygen atoms in total. The lowest BCUT2D eigenvalue weighted by Crippen LogP contribution is -2.48. The van der Waals surface area contributed by atoms with Crippen molar-refractivity contribution in [1.82, 2.24) is 5.32 Å². The summed E-state index contributed by atoms with van der Waals surface area (Å²) in [5, 5.41) is 3.58. The molecule has 204 valence electrons. The maximum absolute atomic E-state index is 14.0. The fraction of sp³-hybridized carbons (Fsp3) is 0.581. The maximum atomic E-state index is 14.0. The number of esters is 1. The van der Waals surface area contributed by atoms with E-state index < -0.39 is 5.60 Å². The molecule has 0 unspecified atom stereocenters. The van der Waals surface area contributed by atoms with Gasteiger partial charge in [0.1, 0.15) is 11.4 Å². The molecule has 37 heavy (non-hydrogen) atoms. The summed E-state index contributed by atoms with van der Waals surface area (Å²) in [5.74, 6) is 1.46. The summed E-state index contributed by atoms with van der Waals surface area (Å²) in [6, 6.07) is 11.1. The van der Waals surface area contributed by atoms with Crippen molar-refractivity contribution in [3.05, 3.63) is 58.9 Å². The zero-order valence-corrected chi connectivity index (χ0v) is 23.2. The zero-order valence-electron chi connectivity index (χ0n) is 23.2. The third kappa shape index (κ3) is 7.47. The Labute approximate surface area is 222 Å². The van der Waals surface area contributed by atoms with Gasteiger partial charge in [0.15, 0.2) is 11.5 Å². The number of nitrogens with one attached hydrogen (secondary N) is 1. The molecule has 1 aliphatic carbocycles. The second kappa shape index (κ2) is 13.8. The van der Waals surface area contributed by atoms with Crippen molar-refractivity contribution in [2.75, 3.05) is 27.3 Å². The second-order valence-corrected chi connectivity index (χ2v) is 10.5. The van der Waals surface area contributed by atoms with E-state index in [4.69, 9.17) is 14.2 Å². The minimum atomic E-state index is -0.583. The van der Waals surface area contributed by atoms with Gasteiger partial charge in [-0.1, -0.05) is 39.3 Å². The fourth-order valence-electron chi connectivity index (χ4n) is 5.77. The largest absolute Gasteiger partial charge is 0.493 e. The molecular formula is C31H44FNO4. The van der Waals surface area contributed by atoms with E-state index in [1.54, 1.807) is 20.3 Å². The smallest absolute Gasteiger partial charge is 0.306 e. The highest BCUT2D eigenvalue weighted by atomic mass is 19.1. The average molecular weight is 514 g/mol. The molecule has 1 N–H and O–H groups in total. The van der Waals surface area contributed by atoms with E-state index in [-0.39, 0.29) is 23.6 Å². The summed E-state index contributed by atoms with van der Waals surface area (Å²) in [7, 11) is 3.29. The van der Waals surface area contributed by atoms with Crippen LogP contribution in [0.25, 0.3) is 0 Å². The predicted octanol–water partition coefficient (Wildman–Crippen LogP) is 6.61. The van der Waals surface area contributed by atoms with Crippen LogP contribution in [0.15, 0.2) is 36.4 Å². The van der Waals surface area contributed by atoms with Crippen molar-refractivity contribution in [2.45, 2.75) is 83.7 Å². The first kappa shape index (κ1) is 29.0. The van der Waals surface area contributed by atoms with Crippen LogP contribution in [0.3, 0.4) is 0 Å². The van der Waals surface area contributed by atoms with E-state index in [9.17, 15) is 9.18 Å². The number of methoxy groups -OCH3 is 2. The quantitative estimate of drug-likeness (QED) is 0.227. The van der Waals surface area contributed by atoms with Crippen LogP contribution in [0.1, 0.15) is 81.9 Å². The molecule has 2 atom stereocenters. The van der Waals surface area contributed by atoms with E-state index in [0.717, 1.165) is 80.7 Å². The summed E-state index contributed by atoms with van der Waals surface area (Å²) in [5.41, 5.74) is 2.79. The molecule has 0 aromatic heterocycles. The predicted molar refractivity (Wildman–Crippen MR) is 146 cm³/mol. The highest BCUT2D eigenvalue weighted by molar-refractivity contribution is 5.70. The van der Waals surface area contributed by atoms with Crippen LogP contribution >= 0.6 is 0 Å². The molecular weight excluding hydrogens is 469 g/mol. The first-order valence-corrected chi connectivity index (χ1v) is 13.7. The Morgan fingerprint density at radius 1 is 1.08 bits per heavy atom. The SMILES string of the molecule is CCCCC(=O)O[C@@]1(CCNCCCc2ccc(OC)c(OC)c2)CCc2cc(F)ccc2[C@H]1C(C)C. The molecule has 0 fully saturated rings. The topological polar surface area (TPSA) is 56.8 Å². The lowest BCUT2D eigenvalue weighted by atomic mass is 9.65. The molecule has 0 heterocycles. The van der Waals surface area contributed by atoms with Crippen molar-refractivity contribution in [1.29, 1.82) is 0 Å². The number of carbonyl (C=O) groups is 1. The normalized spacial score (nSPS) is 18.9. The number of ether oxygens (including phenoxy) is 3. The van der Waals surface area contributed by atoms with E-state index in [0.29, 0.717) is 6.42 Å². The molecule has 3 rings (SSSR count). The van der Waals surface area contributed by atoms with Crippen LogP contribution in [-0.4, -0.2) is 38.9 Å². The molecule has 2 aromatic rings. The Bertz CT molecular complexity index is 1020. The number of benzene rings is 2. The highest BCUT2D eigenvalue weighted by Gasteiger charge is 2.47. The van der Waals surface area contributed by atoms with Crippen LogP contribution in [0.5, 0.6) is 11.5 Å². The number of aryl methyl sites for hydroxylation is 2. The van der Waals surface area contributed by atoms with Gasteiger partial charge in [0.2, 0.25) is 0 Å². The standard InChI is InChI=1S/C31H44FNO4/c1-6-7-10-29(34)37-31(16-15-24-21-25(32)12-13-26(24)30(31)22(2)3)17-19-33-18-8-9-23-11-14-27(35-4)28(20-23)36-5/h11-14,20-22,30,33H,6-10,15-19H2,1-5H3/t30-,31-/m1/s1. The molecule has 0 spiro atoms. The van der Waals surface area contributed by atoms with Gasteiger partial charge in [0.25, 0.3) is 0 Å². The highest BCUT2D eigenvalue weighted by Crippen LogP contribution is 2.48. The van der Waals surface area contributed by atoms with Gasteiger partial charge in [-0.15, -0.1) is 0 Å². The van der Waals surface area contributed by atoms with Crippen molar-refractivity contribution in [3.63, 3.8) is 0 Å². The molecule has 0 bridgehead atoms. The van der Waals surface area contributed by atoms with Gasteiger partial charge >= 0.3 is 5.97 Å². The molecule has 0 aliphatic heterocycles. The molecule has 0 amide bonds. The third-order valence-corrected chi connectivity index (χ3v) is 7.53. The molecule has 1 aliphatic rings. The maximum Gasteiger partial charge on any atom is 0.306 e. The monoisotopic (exact) mass is 513 g/mol. The summed E-state index contributed by atoms with van der Waals surface area (Å²) in [6.45, 7) is 8.05. The van der Waals surface area contributed by atoms with E-state index in [1.807, 2.05) is 18.2 Å². The summed E-state index contributed by atoms with van der Waals surface area (Å²) >= 11 is 0. The Morgan fingerprint density at radius 2 is 1.86 bits per heavy atom. The van der Waals surface area contributed by atoms with Crippen LogP contribution in [0.4, 0.5) is 4.39 Å². The number of carbonyl (C=O) groups excluding carboxylic acids is 1. The lowest BCUT2D eigenvalue weighted by molar-refractivity contribution is -0.167. The minimum Gasteiger partial charge on any atom is -0.493 e. The van der Waals surface area contributed by atoms with Gasteiger partial charge in [-0.2, -0.15) is 0 Å². The molecule has 0 radical (unpaired) electrons. The van der Waals surface area contributed by atoms with Gasteiger partial charge in [-0.25, -0.2) is 4.39 Å². The Hall–Kier alpha value is -2.60. The second-order valence-electron chi connectivity index (χ2n) is 10.5. The van der Waals surface area contributed by atoms with Crippen molar-refractivity contribution in [3.8, 4) is 11.5 Å². The molecule has 0 saturated carbocycles. The first-order valence-electron chi connectivity index (χ1n) is 13.7. The van der Waals surface area contributed by atoms with Crippen molar-refractivity contribution >= 4 is 5.97 Å². The van der Waals surface area contributed by atoms with Gasteiger partial charge in [-0.3, -0.25) is 4.79 Å². The van der Waals surface area contributed by atoms with Gasteiger partial charge in [-0.05, 0) is 92.1 Å². The molecule has 6 heteroatoms. The lowest BCUT2D eigenvalue weighted by Gasteiger charge is -2.46. The number of halogens is 1. The molecule has 2 aromatic carbocycles. The Balaban J connectivity index is 1.65.